The molecule has 0 bridgehead atoms. The first kappa shape index (κ1) is 21.8. The summed E-state index contributed by atoms with van der Waals surface area (Å²) in [5, 5.41) is 0.421. The summed E-state index contributed by atoms with van der Waals surface area (Å²) in [6.45, 7) is 5.59. The highest BCUT2D eigenvalue weighted by Crippen LogP contribution is 2.34. The molecule has 1 aromatic heterocycles. The monoisotopic (exact) mass is 439 g/mol. The number of ether oxygens (including phenoxy) is 1. The molecule has 4 aromatic rings. The molecule has 0 saturated carbocycles. The number of alkyl halides is 3. The van der Waals surface area contributed by atoms with Crippen LogP contribution in [0.15, 0.2) is 66.7 Å². The molecule has 0 aliphatic heterocycles. The Balaban J connectivity index is 1.68. The second kappa shape index (κ2) is 8.26. The van der Waals surface area contributed by atoms with Crippen LogP contribution in [0, 0.1) is 12.7 Å². The van der Waals surface area contributed by atoms with Gasteiger partial charge in [0.25, 0.3) is 0 Å². The van der Waals surface area contributed by atoms with Crippen LogP contribution in [0.1, 0.15) is 25.0 Å². The quantitative estimate of drug-likeness (QED) is 0.302. The molecule has 32 heavy (non-hydrogen) atoms. The minimum atomic E-state index is -4.42. The average Bonchev–Trinajstić information content (AvgIpc) is 2.73. The number of pyridine rings is 1. The van der Waals surface area contributed by atoms with Crippen molar-refractivity contribution in [2.45, 2.75) is 33.1 Å². The highest BCUT2D eigenvalue weighted by atomic mass is 19.4. The Hall–Kier alpha value is -3.41. The zero-order valence-corrected chi connectivity index (χ0v) is 17.8. The largest absolute Gasteiger partial charge is 0.491 e. The van der Waals surface area contributed by atoms with Crippen LogP contribution in [0.4, 0.5) is 17.6 Å². The van der Waals surface area contributed by atoms with Crippen molar-refractivity contribution >= 4 is 10.9 Å². The lowest BCUT2D eigenvalue weighted by molar-refractivity contribution is -0.137. The van der Waals surface area contributed by atoms with Crippen LogP contribution in [0.3, 0.4) is 0 Å². The molecule has 0 unspecified atom stereocenters. The van der Waals surface area contributed by atoms with Crippen LogP contribution in [0.2, 0.25) is 0 Å². The van der Waals surface area contributed by atoms with Crippen molar-refractivity contribution in [2.75, 3.05) is 0 Å². The predicted molar refractivity (Wildman–Crippen MR) is 118 cm³/mol. The Morgan fingerprint density at radius 1 is 0.844 bits per heavy atom. The number of rotatable bonds is 4. The number of nitrogens with zero attached hydrogens (tertiary/aromatic N) is 1. The van der Waals surface area contributed by atoms with Gasteiger partial charge in [0.15, 0.2) is 0 Å². The molecule has 0 amide bonds. The molecule has 0 atom stereocenters. The SMILES string of the molecule is Cc1cc(-c2ccc(-c3ccc(OC(C)C)cc3)c(F)c2)nc2ccc(C(F)(F)F)cc12. The molecule has 0 aliphatic rings. The molecule has 0 N–H and O–H groups in total. The lowest BCUT2D eigenvalue weighted by Crippen LogP contribution is -2.05. The van der Waals surface area contributed by atoms with Crippen LogP contribution < -0.4 is 4.74 Å². The van der Waals surface area contributed by atoms with Gasteiger partial charge < -0.3 is 4.74 Å². The molecule has 0 fully saturated rings. The van der Waals surface area contributed by atoms with Crippen molar-refractivity contribution in [3.63, 3.8) is 0 Å². The summed E-state index contributed by atoms with van der Waals surface area (Å²) in [6.07, 6.45) is -4.37. The highest BCUT2D eigenvalue weighted by Gasteiger charge is 2.30. The van der Waals surface area contributed by atoms with Crippen LogP contribution >= 0.6 is 0 Å². The van der Waals surface area contributed by atoms with Gasteiger partial charge in [-0.2, -0.15) is 13.2 Å². The van der Waals surface area contributed by atoms with E-state index < -0.39 is 17.6 Å². The van der Waals surface area contributed by atoms with Crippen LogP contribution in [0.25, 0.3) is 33.3 Å². The fraction of sp³-hybridized carbons (Fsp3) is 0.192. The zero-order chi connectivity index (χ0) is 23.0. The van der Waals surface area contributed by atoms with Crippen molar-refractivity contribution in [3.8, 4) is 28.1 Å². The molecular weight excluding hydrogens is 418 g/mol. The number of benzene rings is 3. The topological polar surface area (TPSA) is 22.1 Å². The predicted octanol–water partition coefficient (Wildman–Crippen LogP) is 7.82. The maximum atomic E-state index is 14.9. The maximum Gasteiger partial charge on any atom is 0.416 e. The molecule has 1 heterocycles. The molecular formula is C26H21F4NO. The van der Waals surface area contributed by atoms with Crippen LogP contribution in [0.5, 0.6) is 5.75 Å². The molecule has 164 valence electrons. The van der Waals surface area contributed by atoms with E-state index in [9.17, 15) is 17.6 Å². The Labute approximate surface area is 183 Å². The lowest BCUT2D eigenvalue weighted by atomic mass is 9.99. The van der Waals surface area contributed by atoms with E-state index in [4.69, 9.17) is 4.74 Å². The first-order valence-electron chi connectivity index (χ1n) is 10.2. The number of aromatic nitrogens is 1. The second-order valence-electron chi connectivity index (χ2n) is 7.94. The van der Waals surface area contributed by atoms with E-state index in [-0.39, 0.29) is 6.10 Å². The summed E-state index contributed by atoms with van der Waals surface area (Å²) in [5.74, 6) is 0.303. The van der Waals surface area contributed by atoms with Gasteiger partial charge in [-0.05, 0) is 74.4 Å². The number of fused-ring (bicyclic) bond motifs is 1. The third-order valence-electron chi connectivity index (χ3n) is 5.14. The third kappa shape index (κ3) is 4.44. The Bertz CT molecular complexity index is 1280. The third-order valence-corrected chi connectivity index (χ3v) is 5.14. The summed E-state index contributed by atoms with van der Waals surface area (Å²) >= 11 is 0. The number of hydrogen-bond acceptors (Lipinski definition) is 2. The van der Waals surface area contributed by atoms with Gasteiger partial charge in [-0.3, -0.25) is 0 Å². The van der Waals surface area contributed by atoms with Crippen molar-refractivity contribution < 1.29 is 22.3 Å². The van der Waals surface area contributed by atoms with E-state index in [2.05, 4.69) is 4.98 Å². The smallest absolute Gasteiger partial charge is 0.416 e. The van der Waals surface area contributed by atoms with Gasteiger partial charge in [0.05, 0.1) is 22.9 Å². The van der Waals surface area contributed by atoms with Gasteiger partial charge in [0.1, 0.15) is 11.6 Å². The summed E-state index contributed by atoms with van der Waals surface area (Å²) in [7, 11) is 0. The Kier molecular flexibility index (Phi) is 5.63. The summed E-state index contributed by atoms with van der Waals surface area (Å²) in [6, 6.07) is 17.1. The van der Waals surface area contributed by atoms with Crippen LogP contribution in [-0.2, 0) is 6.18 Å². The van der Waals surface area contributed by atoms with E-state index in [1.54, 1.807) is 49.4 Å². The normalized spacial score (nSPS) is 11.9. The summed E-state index contributed by atoms with van der Waals surface area (Å²) < 4.78 is 59.6. The summed E-state index contributed by atoms with van der Waals surface area (Å²) in [5.41, 5.74) is 2.56. The van der Waals surface area contributed by atoms with Gasteiger partial charge in [-0.15, -0.1) is 0 Å². The number of hydrogen-bond donors (Lipinski definition) is 0. The fourth-order valence-corrected chi connectivity index (χ4v) is 3.61. The fourth-order valence-electron chi connectivity index (χ4n) is 3.61. The van der Waals surface area contributed by atoms with Gasteiger partial charge in [-0.25, -0.2) is 9.37 Å². The molecule has 6 heteroatoms. The lowest BCUT2D eigenvalue weighted by Gasteiger charge is -2.12. The minimum absolute atomic E-state index is 0.0508. The molecule has 0 saturated heterocycles. The van der Waals surface area contributed by atoms with Crippen LogP contribution in [-0.4, -0.2) is 11.1 Å². The number of halogens is 4. The van der Waals surface area contributed by atoms with E-state index in [0.717, 1.165) is 12.1 Å². The van der Waals surface area contributed by atoms with E-state index in [1.807, 2.05) is 13.8 Å². The van der Waals surface area contributed by atoms with Gasteiger partial charge in [0, 0.05) is 16.5 Å². The maximum absolute atomic E-state index is 14.9. The molecule has 4 rings (SSSR count). The molecule has 0 aliphatic carbocycles. The molecule has 0 radical (unpaired) electrons. The first-order valence-corrected chi connectivity index (χ1v) is 10.2. The average molecular weight is 439 g/mol. The zero-order valence-electron chi connectivity index (χ0n) is 17.8. The van der Waals surface area contributed by atoms with E-state index in [1.165, 1.54) is 12.1 Å². The summed E-state index contributed by atoms with van der Waals surface area (Å²) in [4.78, 5) is 4.46. The van der Waals surface area contributed by atoms with E-state index in [0.29, 0.717) is 44.6 Å². The van der Waals surface area contributed by atoms with Crippen molar-refractivity contribution in [1.29, 1.82) is 0 Å². The van der Waals surface area contributed by atoms with Crippen molar-refractivity contribution in [1.82, 2.24) is 4.98 Å². The van der Waals surface area contributed by atoms with Crippen molar-refractivity contribution in [2.24, 2.45) is 0 Å². The first-order chi connectivity index (χ1) is 15.1. The number of aryl methyl sites for hydroxylation is 1. The minimum Gasteiger partial charge on any atom is -0.491 e. The Morgan fingerprint density at radius 2 is 1.53 bits per heavy atom. The standard InChI is InChI=1S/C26H21F4NO/c1-15(2)32-20-8-4-17(5-9-20)21-10-6-18(13-23(21)27)25-12-16(3)22-14-19(26(28,29)30)7-11-24(22)31-25/h4-15H,1-3H3. The Morgan fingerprint density at radius 3 is 2.16 bits per heavy atom. The second-order valence-corrected chi connectivity index (χ2v) is 7.94. The molecule has 0 spiro atoms. The highest BCUT2D eigenvalue weighted by molar-refractivity contribution is 5.86. The molecule has 2 nitrogen and oxygen atoms in total. The van der Waals surface area contributed by atoms with Gasteiger partial charge in [0.2, 0.25) is 0 Å². The van der Waals surface area contributed by atoms with Gasteiger partial charge >= 0.3 is 6.18 Å². The van der Waals surface area contributed by atoms with Crippen molar-refractivity contribution in [3.05, 3.63) is 83.7 Å². The van der Waals surface area contributed by atoms with E-state index >= 15 is 0 Å². The molecule has 3 aromatic carbocycles. The van der Waals surface area contributed by atoms with Gasteiger partial charge in [-0.1, -0.05) is 24.3 Å².